The maximum absolute atomic E-state index is 12.7. The number of carbonyl (C=O) groups is 2. The van der Waals surface area contributed by atoms with Gasteiger partial charge in [-0.15, -0.1) is 0 Å². The Morgan fingerprint density at radius 2 is 1.90 bits per heavy atom. The van der Waals surface area contributed by atoms with Crippen LogP contribution in [0.2, 0.25) is 5.02 Å². The number of urea groups is 1. The van der Waals surface area contributed by atoms with Crippen LogP contribution in [-0.2, 0) is 15.9 Å². The Morgan fingerprint density at radius 1 is 1.19 bits per heavy atom. The van der Waals surface area contributed by atoms with E-state index in [9.17, 15) is 9.59 Å². The molecule has 4 N–H and O–H groups in total. The Bertz CT molecular complexity index is 887. The number of primary amides is 1. The minimum atomic E-state index is -0.472. The van der Waals surface area contributed by atoms with Crippen LogP contribution in [0.1, 0.15) is 15.9 Å². The lowest BCUT2D eigenvalue weighted by Crippen LogP contribution is -2.59. The number of nitrogens with zero attached hydrogens (tertiary/aromatic N) is 1. The summed E-state index contributed by atoms with van der Waals surface area (Å²) in [6.45, 7) is 2.50. The third-order valence-corrected chi connectivity index (χ3v) is 5.37. The zero-order valence-corrected chi connectivity index (χ0v) is 18.1. The van der Waals surface area contributed by atoms with Crippen LogP contribution in [0.4, 0.5) is 10.5 Å². The van der Waals surface area contributed by atoms with Gasteiger partial charge in [0.2, 0.25) is 5.91 Å². The molecule has 1 aliphatic rings. The van der Waals surface area contributed by atoms with Crippen molar-refractivity contribution in [3.05, 3.63) is 64.7 Å². The van der Waals surface area contributed by atoms with Gasteiger partial charge in [0.05, 0.1) is 19.3 Å². The maximum Gasteiger partial charge on any atom is 0.320 e. The number of benzene rings is 2. The molecule has 3 amide bonds. The number of ether oxygens (including phenoxy) is 2. The molecule has 2 unspecified atom stereocenters. The largest absolute Gasteiger partial charge is 0.379 e. The zero-order valence-electron chi connectivity index (χ0n) is 17.3. The molecule has 3 rings (SSSR count). The molecule has 0 spiro atoms. The molecule has 9 heteroatoms. The maximum atomic E-state index is 12.7. The highest BCUT2D eigenvalue weighted by Crippen LogP contribution is 2.17. The molecule has 0 saturated carbocycles. The number of hydrogen-bond acceptors (Lipinski definition) is 5. The Labute approximate surface area is 186 Å². The highest BCUT2D eigenvalue weighted by molar-refractivity contribution is 6.30. The van der Waals surface area contributed by atoms with Crippen molar-refractivity contribution in [2.24, 2.45) is 5.73 Å². The second-order valence-corrected chi connectivity index (χ2v) is 7.68. The van der Waals surface area contributed by atoms with Gasteiger partial charge in [0.1, 0.15) is 6.17 Å². The molecule has 8 nitrogen and oxygen atoms in total. The number of halogens is 1. The van der Waals surface area contributed by atoms with Crippen LogP contribution in [0, 0.1) is 0 Å². The van der Waals surface area contributed by atoms with Crippen molar-refractivity contribution in [2.75, 3.05) is 38.7 Å². The van der Waals surface area contributed by atoms with Crippen molar-refractivity contribution in [1.29, 1.82) is 0 Å². The highest BCUT2D eigenvalue weighted by Gasteiger charge is 2.30. The first-order valence-corrected chi connectivity index (χ1v) is 10.4. The lowest BCUT2D eigenvalue weighted by atomic mass is 10.0. The third kappa shape index (κ3) is 6.67. The van der Waals surface area contributed by atoms with Crippen molar-refractivity contribution in [1.82, 2.24) is 10.2 Å². The van der Waals surface area contributed by atoms with Crippen LogP contribution in [-0.4, -0.2) is 62.5 Å². The van der Waals surface area contributed by atoms with Crippen molar-refractivity contribution in [3.8, 4) is 0 Å². The molecule has 1 aliphatic heterocycles. The number of methoxy groups -OCH3 is 1. The number of nitrogens with two attached hydrogens (primary N) is 1. The molecular formula is C22H27ClN4O4. The van der Waals surface area contributed by atoms with E-state index < -0.39 is 5.91 Å². The van der Waals surface area contributed by atoms with Gasteiger partial charge in [0, 0.05) is 42.9 Å². The number of hydrogen-bond donors (Lipinski definition) is 3. The van der Waals surface area contributed by atoms with Crippen molar-refractivity contribution in [2.45, 2.75) is 18.7 Å². The summed E-state index contributed by atoms with van der Waals surface area (Å²) in [5.41, 5.74) is 7.33. The molecular weight excluding hydrogens is 420 g/mol. The molecule has 0 radical (unpaired) electrons. The number of morpholine rings is 1. The number of rotatable bonds is 8. The molecule has 31 heavy (non-hydrogen) atoms. The van der Waals surface area contributed by atoms with Gasteiger partial charge in [0.25, 0.3) is 0 Å². The van der Waals surface area contributed by atoms with E-state index in [2.05, 4.69) is 15.5 Å². The number of carbonyl (C=O) groups excluding carboxylic acids is 2. The van der Waals surface area contributed by atoms with Gasteiger partial charge in [-0.2, -0.15) is 0 Å². The molecule has 1 fully saturated rings. The standard InChI is InChI=1S/C22H27ClN4O4/c1-30-19(13-15-5-7-16(8-6-15)20(24)28)21(27-9-11-31-12-10-27)26-22(29)25-18-4-2-3-17(23)14-18/h2-8,14,19,21H,9-13H2,1H3,(H2,24,28)(H2,25,26,29). The van der Waals surface area contributed by atoms with Crippen LogP contribution in [0.15, 0.2) is 48.5 Å². The monoisotopic (exact) mass is 446 g/mol. The molecule has 166 valence electrons. The van der Waals surface area contributed by atoms with Crippen LogP contribution in [0.25, 0.3) is 0 Å². The van der Waals surface area contributed by atoms with E-state index in [4.69, 9.17) is 26.8 Å². The summed E-state index contributed by atoms with van der Waals surface area (Å²) in [7, 11) is 1.62. The minimum absolute atomic E-state index is 0.331. The van der Waals surface area contributed by atoms with E-state index in [1.807, 2.05) is 12.1 Å². The van der Waals surface area contributed by atoms with E-state index in [0.29, 0.717) is 49.0 Å². The topological polar surface area (TPSA) is 106 Å². The van der Waals surface area contributed by atoms with Gasteiger partial charge in [-0.1, -0.05) is 29.8 Å². The quantitative estimate of drug-likeness (QED) is 0.577. The number of nitrogens with one attached hydrogen (secondary N) is 2. The van der Waals surface area contributed by atoms with E-state index in [1.54, 1.807) is 43.5 Å². The fourth-order valence-corrected chi connectivity index (χ4v) is 3.69. The van der Waals surface area contributed by atoms with Crippen LogP contribution < -0.4 is 16.4 Å². The second kappa shape index (κ2) is 11.1. The van der Waals surface area contributed by atoms with E-state index in [0.717, 1.165) is 5.56 Å². The number of amides is 3. The average molecular weight is 447 g/mol. The van der Waals surface area contributed by atoms with Crippen molar-refractivity contribution >= 4 is 29.2 Å². The van der Waals surface area contributed by atoms with Gasteiger partial charge in [-0.3, -0.25) is 9.69 Å². The van der Waals surface area contributed by atoms with E-state index in [1.165, 1.54) is 0 Å². The summed E-state index contributed by atoms with van der Waals surface area (Å²) in [5.74, 6) is -0.472. The van der Waals surface area contributed by atoms with E-state index >= 15 is 0 Å². The molecule has 0 aromatic heterocycles. The minimum Gasteiger partial charge on any atom is -0.379 e. The van der Waals surface area contributed by atoms with Crippen LogP contribution >= 0.6 is 11.6 Å². The lowest BCUT2D eigenvalue weighted by Gasteiger charge is -2.38. The van der Waals surface area contributed by atoms with Gasteiger partial charge in [-0.25, -0.2) is 4.79 Å². The summed E-state index contributed by atoms with van der Waals surface area (Å²) in [6, 6.07) is 13.7. The first-order chi connectivity index (χ1) is 15.0. The van der Waals surface area contributed by atoms with E-state index in [-0.39, 0.29) is 18.3 Å². The van der Waals surface area contributed by atoms with Gasteiger partial charge >= 0.3 is 6.03 Å². The average Bonchev–Trinajstić information content (AvgIpc) is 2.77. The Kier molecular flexibility index (Phi) is 8.25. The summed E-state index contributed by atoms with van der Waals surface area (Å²) < 4.78 is 11.2. The number of anilines is 1. The predicted molar refractivity (Wildman–Crippen MR) is 119 cm³/mol. The van der Waals surface area contributed by atoms with Gasteiger partial charge < -0.3 is 25.8 Å². The summed E-state index contributed by atoms with van der Waals surface area (Å²) in [6.07, 6.45) is -0.179. The third-order valence-electron chi connectivity index (χ3n) is 5.13. The summed E-state index contributed by atoms with van der Waals surface area (Å²) in [5, 5.41) is 6.39. The second-order valence-electron chi connectivity index (χ2n) is 7.24. The summed E-state index contributed by atoms with van der Waals surface area (Å²) in [4.78, 5) is 26.2. The molecule has 2 aromatic carbocycles. The van der Waals surface area contributed by atoms with Crippen LogP contribution in [0.3, 0.4) is 0 Å². The predicted octanol–water partition coefficient (Wildman–Crippen LogP) is 2.48. The smallest absolute Gasteiger partial charge is 0.320 e. The first-order valence-electron chi connectivity index (χ1n) is 10.0. The Balaban J connectivity index is 1.74. The fraction of sp³-hybridized carbons (Fsp3) is 0.364. The van der Waals surface area contributed by atoms with Gasteiger partial charge in [-0.05, 0) is 35.9 Å². The fourth-order valence-electron chi connectivity index (χ4n) is 3.50. The SMILES string of the molecule is COC(Cc1ccc(C(N)=O)cc1)C(NC(=O)Nc1cccc(Cl)c1)N1CCOCC1. The highest BCUT2D eigenvalue weighted by atomic mass is 35.5. The molecule has 2 atom stereocenters. The first kappa shape index (κ1) is 23.0. The molecule has 1 heterocycles. The Hall–Kier alpha value is -2.65. The zero-order chi connectivity index (χ0) is 22.2. The van der Waals surface area contributed by atoms with Crippen molar-refractivity contribution < 1.29 is 19.1 Å². The van der Waals surface area contributed by atoms with Crippen LogP contribution in [0.5, 0.6) is 0 Å². The molecule has 2 aromatic rings. The molecule has 1 saturated heterocycles. The Morgan fingerprint density at radius 3 is 2.52 bits per heavy atom. The summed E-state index contributed by atoms with van der Waals surface area (Å²) >= 11 is 6.01. The van der Waals surface area contributed by atoms with Crippen molar-refractivity contribution in [3.63, 3.8) is 0 Å². The van der Waals surface area contributed by atoms with Gasteiger partial charge in [0.15, 0.2) is 0 Å². The normalized spacial score (nSPS) is 16.3. The molecule has 0 aliphatic carbocycles. The molecule has 0 bridgehead atoms. The lowest BCUT2D eigenvalue weighted by molar-refractivity contribution is -0.0418.